The summed E-state index contributed by atoms with van der Waals surface area (Å²) in [5, 5.41) is 44.1. The highest BCUT2D eigenvalue weighted by molar-refractivity contribution is 6.61. The Morgan fingerprint density at radius 2 is 1.91 bits per heavy atom. The van der Waals surface area contributed by atoms with Crippen LogP contribution in [0.25, 0.3) is 0 Å². The molecule has 7 N–H and O–H groups in total. The van der Waals surface area contributed by atoms with Crippen LogP contribution >= 0.6 is 0 Å². The van der Waals surface area contributed by atoms with Crippen molar-refractivity contribution in [2.45, 2.75) is 12.6 Å². The first kappa shape index (κ1) is 23.9. The summed E-state index contributed by atoms with van der Waals surface area (Å²) in [6.45, 7) is -0.193. The molecule has 0 aromatic heterocycles. The second-order valence-electron chi connectivity index (χ2n) is 7.16. The van der Waals surface area contributed by atoms with Gasteiger partial charge in [-0.2, -0.15) is 0 Å². The first-order chi connectivity index (χ1) is 15.6. The number of hydrogen-bond acceptors (Lipinski definition) is 9. The van der Waals surface area contributed by atoms with Gasteiger partial charge in [0, 0.05) is 29.8 Å². The van der Waals surface area contributed by atoms with E-state index in [0.717, 1.165) is 23.8 Å². The number of non-ortho nitro benzene ring substituents is 1. The lowest BCUT2D eigenvalue weighted by molar-refractivity contribution is -0.384. The summed E-state index contributed by atoms with van der Waals surface area (Å²) in [4.78, 5) is 47.0. The normalized spacial score (nSPS) is 13.1. The number of carbonyl (C=O) groups excluding carboxylic acids is 3. The van der Waals surface area contributed by atoms with Crippen molar-refractivity contribution in [1.29, 1.82) is 0 Å². The number of hydrogen-bond donors (Lipinski definition) is 6. The molecular formula is C18H18B2N4O9. The Morgan fingerprint density at radius 1 is 1.18 bits per heavy atom. The second-order valence-corrected chi connectivity index (χ2v) is 7.16. The number of nitrogens with one attached hydrogen (secondary N) is 2. The molecule has 13 nitrogen and oxygen atoms in total. The summed E-state index contributed by atoms with van der Waals surface area (Å²) in [6, 6.07) is 5.93. The molecule has 3 rings (SSSR count). The smallest absolute Gasteiger partial charge is 0.423 e. The van der Waals surface area contributed by atoms with Gasteiger partial charge in [0.25, 0.3) is 17.5 Å². The van der Waals surface area contributed by atoms with E-state index in [1.807, 2.05) is 0 Å². The molecular weight excluding hydrogens is 438 g/mol. The van der Waals surface area contributed by atoms with Crippen LogP contribution in [0.5, 0.6) is 0 Å². The van der Waals surface area contributed by atoms with Gasteiger partial charge < -0.3 is 36.1 Å². The summed E-state index contributed by atoms with van der Waals surface area (Å²) in [5.74, 6) is -2.57. The summed E-state index contributed by atoms with van der Waals surface area (Å²) in [6.07, 6.45) is 0. The molecule has 0 aliphatic carbocycles. The number of nitrogens with zero attached hydrogens (tertiary/aromatic N) is 1. The van der Waals surface area contributed by atoms with E-state index in [9.17, 15) is 39.6 Å². The van der Waals surface area contributed by atoms with Crippen molar-refractivity contribution in [2.24, 2.45) is 5.73 Å². The molecule has 0 fully saturated rings. The Kier molecular flexibility index (Phi) is 7.08. The Bertz CT molecular complexity index is 1130. The van der Waals surface area contributed by atoms with E-state index in [1.165, 1.54) is 12.1 Å². The predicted molar refractivity (Wildman–Crippen MR) is 115 cm³/mol. The van der Waals surface area contributed by atoms with Gasteiger partial charge in [-0.1, -0.05) is 6.07 Å². The number of amides is 3. The number of carbonyl (C=O) groups is 3. The summed E-state index contributed by atoms with van der Waals surface area (Å²) < 4.78 is 5.06. The van der Waals surface area contributed by atoms with Crippen LogP contribution in [-0.2, 0) is 16.1 Å². The van der Waals surface area contributed by atoms with Crippen LogP contribution in [0.2, 0.25) is 0 Å². The molecule has 2 aromatic carbocycles. The third kappa shape index (κ3) is 5.53. The quantitative estimate of drug-likeness (QED) is 0.132. The van der Waals surface area contributed by atoms with E-state index in [1.54, 1.807) is 6.07 Å². The topological polar surface area (TPSA) is 214 Å². The standard InChI is InChI=1S/C18H18B2N4O9/c21-16(25)15(7-22-17(26)9-1-2-10-8-33-20(30)14(10)5-9)23-18(27)11-3-12(19(28)29)6-13(4-11)24(31)32/h1-6,15,28-30H,7-8H2,(H2,21,25)(H,22,26)(H,23,27)/t15-/m0/s1. The number of nitro benzene ring substituents is 1. The molecule has 0 unspecified atom stereocenters. The highest BCUT2D eigenvalue weighted by Gasteiger charge is 2.28. The maximum Gasteiger partial charge on any atom is 0.491 e. The van der Waals surface area contributed by atoms with Crippen molar-refractivity contribution in [2.75, 3.05) is 6.54 Å². The van der Waals surface area contributed by atoms with Crippen molar-refractivity contribution in [3.63, 3.8) is 0 Å². The van der Waals surface area contributed by atoms with Gasteiger partial charge in [0.2, 0.25) is 5.91 Å². The van der Waals surface area contributed by atoms with Crippen molar-refractivity contribution >= 4 is 48.6 Å². The fourth-order valence-electron chi connectivity index (χ4n) is 3.14. The number of rotatable bonds is 8. The lowest BCUT2D eigenvalue weighted by Crippen LogP contribution is -2.51. The van der Waals surface area contributed by atoms with Crippen LogP contribution in [0.1, 0.15) is 26.3 Å². The molecule has 3 amide bonds. The number of nitrogens with two attached hydrogens (primary N) is 1. The zero-order valence-corrected chi connectivity index (χ0v) is 16.9. The third-order valence-electron chi connectivity index (χ3n) is 4.90. The highest BCUT2D eigenvalue weighted by Crippen LogP contribution is 2.13. The van der Waals surface area contributed by atoms with Crippen molar-refractivity contribution < 1.29 is 39.0 Å². The van der Waals surface area contributed by atoms with Gasteiger partial charge in [-0.3, -0.25) is 24.5 Å². The van der Waals surface area contributed by atoms with Crippen LogP contribution < -0.4 is 27.3 Å². The van der Waals surface area contributed by atoms with Gasteiger partial charge in [-0.05, 0) is 34.7 Å². The van der Waals surface area contributed by atoms with Gasteiger partial charge >= 0.3 is 14.2 Å². The molecule has 15 heteroatoms. The van der Waals surface area contributed by atoms with E-state index in [4.69, 9.17) is 10.4 Å². The molecule has 170 valence electrons. The van der Waals surface area contributed by atoms with Crippen LogP contribution in [0.15, 0.2) is 36.4 Å². The van der Waals surface area contributed by atoms with E-state index >= 15 is 0 Å². The maximum atomic E-state index is 12.5. The first-order valence-corrected chi connectivity index (χ1v) is 9.53. The molecule has 1 heterocycles. The maximum absolute atomic E-state index is 12.5. The molecule has 0 bridgehead atoms. The average Bonchev–Trinajstić information content (AvgIpc) is 3.15. The number of primary amides is 1. The minimum absolute atomic E-state index is 0.174. The molecule has 1 aliphatic rings. The fourth-order valence-corrected chi connectivity index (χ4v) is 3.14. The van der Waals surface area contributed by atoms with Crippen molar-refractivity contribution in [1.82, 2.24) is 10.6 Å². The Balaban J connectivity index is 1.71. The lowest BCUT2D eigenvalue weighted by Gasteiger charge is -2.17. The van der Waals surface area contributed by atoms with Crippen LogP contribution in [0, 0.1) is 10.1 Å². The van der Waals surface area contributed by atoms with E-state index in [-0.39, 0.29) is 23.2 Å². The van der Waals surface area contributed by atoms with Gasteiger partial charge in [-0.25, -0.2) is 0 Å². The van der Waals surface area contributed by atoms with Gasteiger partial charge in [0.05, 0.1) is 11.5 Å². The minimum atomic E-state index is -2.07. The molecule has 0 spiro atoms. The lowest BCUT2D eigenvalue weighted by atomic mass is 9.79. The summed E-state index contributed by atoms with van der Waals surface area (Å²) in [5.41, 5.74) is 5.44. The number of nitro groups is 1. The zero-order chi connectivity index (χ0) is 24.3. The molecule has 1 aliphatic heterocycles. The predicted octanol–water partition coefficient (Wildman–Crippen LogP) is -3.49. The molecule has 1 atom stereocenters. The SMILES string of the molecule is NC(=O)[C@H](CNC(=O)c1ccc2c(c1)B(O)OC2)NC(=O)c1cc(B(O)O)cc([N+](=O)[O-])c1. The van der Waals surface area contributed by atoms with Gasteiger partial charge in [-0.15, -0.1) is 0 Å². The largest absolute Gasteiger partial charge is 0.491 e. The van der Waals surface area contributed by atoms with Crippen LogP contribution in [-0.4, -0.2) is 64.5 Å². The number of benzene rings is 2. The summed E-state index contributed by atoms with van der Waals surface area (Å²) >= 11 is 0. The van der Waals surface area contributed by atoms with Gasteiger partial charge in [0.15, 0.2) is 0 Å². The third-order valence-corrected chi connectivity index (χ3v) is 4.90. The highest BCUT2D eigenvalue weighted by atomic mass is 16.6. The van der Waals surface area contributed by atoms with Gasteiger partial charge in [0.1, 0.15) is 6.04 Å². The second kappa shape index (κ2) is 9.79. The zero-order valence-electron chi connectivity index (χ0n) is 16.9. The molecule has 33 heavy (non-hydrogen) atoms. The monoisotopic (exact) mass is 456 g/mol. The Hall–Kier alpha value is -3.78. The Labute approximate surface area is 187 Å². The molecule has 0 saturated carbocycles. The first-order valence-electron chi connectivity index (χ1n) is 9.53. The van der Waals surface area contributed by atoms with Crippen molar-refractivity contribution in [3.05, 3.63) is 63.2 Å². The fraction of sp³-hybridized carbons (Fsp3) is 0.167. The average molecular weight is 456 g/mol. The van der Waals surface area contributed by atoms with E-state index < -0.39 is 55.2 Å². The minimum Gasteiger partial charge on any atom is -0.423 e. The molecule has 0 saturated heterocycles. The van der Waals surface area contributed by atoms with E-state index in [2.05, 4.69) is 10.6 Å². The molecule has 0 radical (unpaired) electrons. The van der Waals surface area contributed by atoms with E-state index in [0.29, 0.717) is 5.46 Å². The van der Waals surface area contributed by atoms with Crippen LogP contribution in [0.3, 0.4) is 0 Å². The van der Waals surface area contributed by atoms with Crippen molar-refractivity contribution in [3.8, 4) is 0 Å². The summed E-state index contributed by atoms with van der Waals surface area (Å²) in [7, 11) is -3.22. The Morgan fingerprint density at radius 3 is 2.55 bits per heavy atom. The number of fused-ring (bicyclic) bond motifs is 1. The van der Waals surface area contributed by atoms with Crippen LogP contribution in [0.4, 0.5) is 5.69 Å². The molecule has 2 aromatic rings.